The van der Waals surface area contributed by atoms with Crippen LogP contribution in [0.5, 0.6) is 0 Å². The van der Waals surface area contributed by atoms with Gasteiger partial charge in [-0.2, -0.15) is 4.98 Å². The predicted octanol–water partition coefficient (Wildman–Crippen LogP) is 4.02. The number of aromatic nitrogens is 2. The highest BCUT2D eigenvalue weighted by atomic mass is 35.5. The Morgan fingerprint density at radius 1 is 1.21 bits per heavy atom. The molecule has 1 amide bonds. The summed E-state index contributed by atoms with van der Waals surface area (Å²) in [6.07, 6.45) is 0. The van der Waals surface area contributed by atoms with Gasteiger partial charge in [0.1, 0.15) is 11.9 Å². The van der Waals surface area contributed by atoms with E-state index in [0.717, 1.165) is 0 Å². The van der Waals surface area contributed by atoms with Crippen molar-refractivity contribution in [2.75, 3.05) is 0 Å². The van der Waals surface area contributed by atoms with Crippen LogP contribution in [0.2, 0.25) is 5.02 Å². The summed E-state index contributed by atoms with van der Waals surface area (Å²) in [4.78, 5) is 16.4. The molecule has 0 unspecified atom stereocenters. The number of nitrogens with one attached hydrogen (secondary N) is 1. The van der Waals surface area contributed by atoms with Crippen LogP contribution in [0.1, 0.15) is 29.2 Å². The molecule has 7 heteroatoms. The van der Waals surface area contributed by atoms with Crippen molar-refractivity contribution in [3.8, 4) is 11.4 Å². The zero-order valence-corrected chi connectivity index (χ0v) is 13.4. The molecule has 0 saturated heterocycles. The van der Waals surface area contributed by atoms with Gasteiger partial charge in [-0.05, 0) is 43.3 Å². The lowest BCUT2D eigenvalue weighted by atomic mass is 10.2. The fraction of sp³-hybridized carbons (Fsp3) is 0.118. The van der Waals surface area contributed by atoms with Crippen LogP contribution in [0.25, 0.3) is 11.4 Å². The second-order valence-corrected chi connectivity index (χ2v) is 5.55. The SMILES string of the molecule is C[C@H](NC(=O)c1ccc(F)cc1)c1nc(-c2ccccc2Cl)no1. The van der Waals surface area contributed by atoms with E-state index in [0.29, 0.717) is 22.0 Å². The van der Waals surface area contributed by atoms with Crippen molar-refractivity contribution >= 4 is 17.5 Å². The molecular formula is C17H13ClFN3O2. The average Bonchev–Trinajstić information content (AvgIpc) is 3.05. The molecule has 0 spiro atoms. The summed E-state index contributed by atoms with van der Waals surface area (Å²) in [5.41, 5.74) is 0.986. The molecule has 3 rings (SSSR count). The molecule has 0 aliphatic heterocycles. The Kier molecular flexibility index (Phi) is 4.57. The first-order chi connectivity index (χ1) is 11.5. The number of rotatable bonds is 4. The lowest BCUT2D eigenvalue weighted by molar-refractivity contribution is 0.0932. The van der Waals surface area contributed by atoms with Crippen molar-refractivity contribution in [3.63, 3.8) is 0 Å². The number of hydrogen-bond donors (Lipinski definition) is 1. The first-order valence-corrected chi connectivity index (χ1v) is 7.57. The van der Waals surface area contributed by atoms with Crippen LogP contribution in [-0.2, 0) is 0 Å². The quantitative estimate of drug-likeness (QED) is 0.775. The molecular weight excluding hydrogens is 333 g/mol. The number of carbonyl (C=O) groups is 1. The topological polar surface area (TPSA) is 68.0 Å². The van der Waals surface area contributed by atoms with Gasteiger partial charge < -0.3 is 9.84 Å². The van der Waals surface area contributed by atoms with Crippen molar-refractivity contribution < 1.29 is 13.7 Å². The van der Waals surface area contributed by atoms with E-state index in [1.54, 1.807) is 25.1 Å². The molecule has 3 aromatic rings. The Balaban J connectivity index is 1.74. The largest absolute Gasteiger partial charge is 0.341 e. The Bertz CT molecular complexity index is 864. The number of halogens is 2. The van der Waals surface area contributed by atoms with Crippen LogP contribution < -0.4 is 5.32 Å². The van der Waals surface area contributed by atoms with Gasteiger partial charge >= 0.3 is 0 Å². The van der Waals surface area contributed by atoms with E-state index in [2.05, 4.69) is 15.5 Å². The smallest absolute Gasteiger partial charge is 0.251 e. The summed E-state index contributed by atoms with van der Waals surface area (Å²) < 4.78 is 18.1. The molecule has 24 heavy (non-hydrogen) atoms. The third-order valence-electron chi connectivity index (χ3n) is 3.38. The van der Waals surface area contributed by atoms with Crippen LogP contribution in [0.3, 0.4) is 0 Å². The third kappa shape index (κ3) is 3.44. The van der Waals surface area contributed by atoms with Crippen LogP contribution >= 0.6 is 11.6 Å². The maximum absolute atomic E-state index is 12.9. The van der Waals surface area contributed by atoms with Crippen LogP contribution in [0, 0.1) is 5.82 Å². The van der Waals surface area contributed by atoms with Crippen molar-refractivity contribution in [1.29, 1.82) is 0 Å². The number of benzene rings is 2. The minimum absolute atomic E-state index is 0.250. The van der Waals surface area contributed by atoms with E-state index in [-0.39, 0.29) is 11.8 Å². The second kappa shape index (κ2) is 6.80. The third-order valence-corrected chi connectivity index (χ3v) is 3.71. The fourth-order valence-corrected chi connectivity index (χ4v) is 2.33. The summed E-state index contributed by atoms with van der Waals surface area (Å²) in [6, 6.07) is 11.9. The normalized spacial score (nSPS) is 12.0. The zero-order chi connectivity index (χ0) is 17.1. The van der Waals surface area contributed by atoms with Gasteiger partial charge in [0.05, 0.1) is 5.02 Å². The highest BCUT2D eigenvalue weighted by Gasteiger charge is 2.19. The van der Waals surface area contributed by atoms with Crippen molar-refractivity contribution in [2.24, 2.45) is 0 Å². The molecule has 0 radical (unpaired) electrons. The van der Waals surface area contributed by atoms with E-state index in [9.17, 15) is 9.18 Å². The van der Waals surface area contributed by atoms with Gasteiger partial charge in [-0.25, -0.2) is 4.39 Å². The molecule has 2 aromatic carbocycles. The molecule has 1 aromatic heterocycles. The van der Waals surface area contributed by atoms with E-state index >= 15 is 0 Å². The van der Waals surface area contributed by atoms with E-state index in [4.69, 9.17) is 16.1 Å². The van der Waals surface area contributed by atoms with Gasteiger partial charge in [-0.15, -0.1) is 0 Å². The number of hydrogen-bond acceptors (Lipinski definition) is 4. The summed E-state index contributed by atoms with van der Waals surface area (Å²) in [5, 5.41) is 7.12. The minimum Gasteiger partial charge on any atom is -0.341 e. The number of carbonyl (C=O) groups excluding carboxylic acids is 1. The first kappa shape index (κ1) is 16.1. The van der Waals surface area contributed by atoms with Crippen molar-refractivity contribution in [1.82, 2.24) is 15.5 Å². The van der Waals surface area contributed by atoms with Crippen molar-refractivity contribution in [2.45, 2.75) is 13.0 Å². The Morgan fingerprint density at radius 3 is 2.62 bits per heavy atom. The van der Waals surface area contributed by atoms with E-state index < -0.39 is 11.9 Å². The molecule has 1 N–H and O–H groups in total. The molecule has 5 nitrogen and oxygen atoms in total. The zero-order valence-electron chi connectivity index (χ0n) is 12.7. The summed E-state index contributed by atoms with van der Waals surface area (Å²) >= 11 is 6.10. The summed E-state index contributed by atoms with van der Waals surface area (Å²) in [6.45, 7) is 1.71. The predicted molar refractivity (Wildman–Crippen MR) is 87.0 cm³/mol. The van der Waals surface area contributed by atoms with Crippen molar-refractivity contribution in [3.05, 3.63) is 70.8 Å². The molecule has 0 saturated carbocycles. The average molecular weight is 346 g/mol. The number of nitrogens with zero attached hydrogens (tertiary/aromatic N) is 2. The summed E-state index contributed by atoms with van der Waals surface area (Å²) in [5.74, 6) is -0.167. The fourth-order valence-electron chi connectivity index (χ4n) is 2.11. The maximum atomic E-state index is 12.9. The second-order valence-electron chi connectivity index (χ2n) is 5.14. The Hall–Kier alpha value is -2.73. The van der Waals surface area contributed by atoms with Gasteiger partial charge in [-0.3, -0.25) is 4.79 Å². The maximum Gasteiger partial charge on any atom is 0.251 e. The van der Waals surface area contributed by atoms with Crippen LogP contribution in [0.15, 0.2) is 53.1 Å². The van der Waals surface area contributed by atoms with Crippen LogP contribution in [0.4, 0.5) is 4.39 Å². The Morgan fingerprint density at radius 2 is 1.92 bits per heavy atom. The van der Waals surface area contributed by atoms with E-state index in [1.165, 1.54) is 24.3 Å². The monoisotopic (exact) mass is 345 g/mol. The van der Waals surface area contributed by atoms with Gasteiger partial charge in [0.15, 0.2) is 0 Å². The minimum atomic E-state index is -0.508. The van der Waals surface area contributed by atoms with Gasteiger partial charge in [0.2, 0.25) is 11.7 Å². The molecule has 122 valence electrons. The van der Waals surface area contributed by atoms with Crippen LogP contribution in [-0.4, -0.2) is 16.0 Å². The van der Waals surface area contributed by atoms with E-state index in [1.807, 2.05) is 6.07 Å². The lowest BCUT2D eigenvalue weighted by Gasteiger charge is -2.09. The molecule has 0 bridgehead atoms. The highest BCUT2D eigenvalue weighted by molar-refractivity contribution is 6.33. The first-order valence-electron chi connectivity index (χ1n) is 7.19. The van der Waals surface area contributed by atoms with Gasteiger partial charge in [0.25, 0.3) is 5.91 Å². The standard InChI is InChI=1S/C17H13ClFN3O2/c1-10(20-16(23)11-6-8-12(19)9-7-11)17-21-15(22-24-17)13-4-2-3-5-14(13)18/h2-10H,1H3,(H,20,23)/t10-/m0/s1. The molecule has 0 fully saturated rings. The highest BCUT2D eigenvalue weighted by Crippen LogP contribution is 2.26. The van der Waals surface area contributed by atoms with Gasteiger partial charge in [0, 0.05) is 11.1 Å². The van der Waals surface area contributed by atoms with Gasteiger partial charge in [-0.1, -0.05) is 28.9 Å². The summed E-state index contributed by atoms with van der Waals surface area (Å²) in [7, 11) is 0. The molecule has 0 aliphatic carbocycles. The molecule has 1 atom stereocenters. The lowest BCUT2D eigenvalue weighted by Crippen LogP contribution is -2.26. The number of amides is 1. The molecule has 1 heterocycles. The molecule has 0 aliphatic rings. The Labute approximate surface area is 142 Å².